The molecule has 0 atom stereocenters. The number of nitrogens with two attached hydrogens (primary N) is 2. The molecule has 0 radical (unpaired) electrons. The van der Waals surface area contributed by atoms with Crippen LogP contribution in [-0.4, -0.2) is 31.6 Å². The molecule has 23 heavy (non-hydrogen) atoms. The fourth-order valence-electron chi connectivity index (χ4n) is 1.39. The molecule has 0 aliphatic carbocycles. The SMILES string of the molecule is C=NOC(=O)N(C)c1ccc(F)c(CC)c1.N/C=C(/CO)SN. The van der Waals surface area contributed by atoms with Crippen molar-refractivity contribution in [2.45, 2.75) is 13.3 Å². The van der Waals surface area contributed by atoms with Gasteiger partial charge in [-0.15, -0.1) is 0 Å². The molecule has 128 valence electrons. The van der Waals surface area contributed by atoms with Gasteiger partial charge >= 0.3 is 6.09 Å². The lowest BCUT2D eigenvalue weighted by Gasteiger charge is -2.15. The van der Waals surface area contributed by atoms with Gasteiger partial charge in [0.25, 0.3) is 0 Å². The molecule has 0 saturated heterocycles. The van der Waals surface area contributed by atoms with Gasteiger partial charge in [-0.25, -0.2) is 9.18 Å². The van der Waals surface area contributed by atoms with E-state index in [1.54, 1.807) is 6.07 Å². The van der Waals surface area contributed by atoms with Crippen LogP contribution in [0.5, 0.6) is 0 Å². The van der Waals surface area contributed by atoms with Crippen LogP contribution in [0.25, 0.3) is 0 Å². The Kier molecular flexibility index (Phi) is 10.4. The first-order valence-corrected chi connectivity index (χ1v) is 7.40. The topological polar surface area (TPSA) is 114 Å². The first-order valence-electron chi connectivity index (χ1n) is 6.52. The van der Waals surface area contributed by atoms with Crippen LogP contribution in [0.1, 0.15) is 12.5 Å². The second-order valence-electron chi connectivity index (χ2n) is 4.08. The summed E-state index contributed by atoms with van der Waals surface area (Å²) < 4.78 is 13.2. The summed E-state index contributed by atoms with van der Waals surface area (Å²) in [4.78, 5) is 17.5. The van der Waals surface area contributed by atoms with E-state index in [2.05, 4.69) is 16.7 Å². The smallest absolute Gasteiger partial charge is 0.404 e. The molecule has 0 aliphatic heterocycles. The Hall–Kier alpha value is -2.10. The fraction of sp³-hybridized carbons (Fsp3) is 0.286. The van der Waals surface area contributed by atoms with Crippen molar-refractivity contribution in [1.82, 2.24) is 0 Å². The molecule has 9 heteroatoms. The molecule has 0 fully saturated rings. The summed E-state index contributed by atoms with van der Waals surface area (Å²) in [6, 6.07) is 4.41. The monoisotopic (exact) mass is 344 g/mol. The molecule has 0 unspecified atom stereocenters. The number of carbonyl (C=O) groups is 1. The van der Waals surface area contributed by atoms with Crippen LogP contribution in [0.15, 0.2) is 34.5 Å². The number of hydrogen-bond acceptors (Lipinski definition) is 7. The van der Waals surface area contributed by atoms with Gasteiger partial charge in [-0.1, -0.05) is 12.1 Å². The van der Waals surface area contributed by atoms with E-state index in [9.17, 15) is 9.18 Å². The number of benzene rings is 1. The standard InChI is InChI=1S/C11H13FN2O2.C3H8N2OS/c1-4-8-7-9(5-6-10(8)12)14(3)11(15)16-13-2;4-1-3(2-6)7-5/h5-7H,2,4H2,1,3H3;1,6H,2,4-5H2/b;3-1-. The van der Waals surface area contributed by atoms with Crippen molar-refractivity contribution in [3.8, 4) is 0 Å². The molecule has 0 aromatic heterocycles. The van der Waals surface area contributed by atoms with E-state index < -0.39 is 6.09 Å². The summed E-state index contributed by atoms with van der Waals surface area (Å²) in [6.07, 6.45) is 1.18. The number of aliphatic hydroxyl groups is 1. The maximum atomic E-state index is 13.2. The van der Waals surface area contributed by atoms with Gasteiger partial charge < -0.3 is 10.8 Å². The van der Waals surface area contributed by atoms with Gasteiger partial charge in [0.15, 0.2) is 0 Å². The van der Waals surface area contributed by atoms with Crippen molar-refractivity contribution < 1.29 is 19.1 Å². The molecular weight excluding hydrogens is 323 g/mol. The van der Waals surface area contributed by atoms with E-state index in [4.69, 9.17) is 16.0 Å². The highest BCUT2D eigenvalue weighted by atomic mass is 32.2. The normalized spacial score (nSPS) is 10.4. The fourth-order valence-corrected chi connectivity index (χ4v) is 1.54. The number of aryl methyl sites for hydroxylation is 1. The average Bonchev–Trinajstić information content (AvgIpc) is 2.57. The highest BCUT2D eigenvalue weighted by molar-refractivity contribution is 8.00. The zero-order valence-corrected chi connectivity index (χ0v) is 13.8. The maximum absolute atomic E-state index is 13.2. The Morgan fingerprint density at radius 2 is 2.26 bits per heavy atom. The predicted molar refractivity (Wildman–Crippen MR) is 91.3 cm³/mol. The molecule has 1 amide bonds. The highest BCUT2D eigenvalue weighted by Gasteiger charge is 2.13. The molecule has 0 aliphatic rings. The minimum absolute atomic E-state index is 0.0718. The second kappa shape index (κ2) is 11.5. The largest absolute Gasteiger partial charge is 0.440 e. The van der Waals surface area contributed by atoms with Crippen molar-refractivity contribution >= 4 is 30.4 Å². The predicted octanol–water partition coefficient (Wildman–Crippen LogP) is 1.96. The Bertz CT molecular complexity index is 549. The summed E-state index contributed by atoms with van der Waals surface area (Å²) in [5.74, 6) is -0.283. The zero-order valence-electron chi connectivity index (χ0n) is 13.0. The van der Waals surface area contributed by atoms with Crippen molar-refractivity contribution in [3.05, 3.63) is 40.7 Å². The van der Waals surface area contributed by atoms with E-state index in [-0.39, 0.29) is 12.4 Å². The number of anilines is 1. The number of aliphatic hydroxyl groups excluding tert-OH is 1. The van der Waals surface area contributed by atoms with Gasteiger partial charge in [-0.2, -0.15) is 0 Å². The molecule has 0 spiro atoms. The first-order chi connectivity index (χ1) is 10.9. The Labute approximate surface area is 138 Å². The van der Waals surface area contributed by atoms with Gasteiger partial charge in [-0.05, 0) is 42.1 Å². The minimum atomic E-state index is -0.663. The molecule has 0 bridgehead atoms. The van der Waals surface area contributed by atoms with Crippen LogP contribution >= 0.6 is 11.9 Å². The Morgan fingerprint density at radius 1 is 1.61 bits per heavy atom. The zero-order chi connectivity index (χ0) is 17.8. The minimum Gasteiger partial charge on any atom is -0.404 e. The number of amides is 1. The Balaban J connectivity index is 0.000000585. The van der Waals surface area contributed by atoms with Crippen molar-refractivity contribution in [1.29, 1.82) is 0 Å². The molecule has 1 rings (SSSR count). The highest BCUT2D eigenvalue weighted by Crippen LogP contribution is 2.19. The van der Waals surface area contributed by atoms with Crippen molar-refractivity contribution in [3.63, 3.8) is 0 Å². The van der Waals surface area contributed by atoms with E-state index in [0.717, 1.165) is 11.9 Å². The van der Waals surface area contributed by atoms with Crippen LogP contribution in [-0.2, 0) is 11.3 Å². The lowest BCUT2D eigenvalue weighted by Crippen LogP contribution is -2.25. The van der Waals surface area contributed by atoms with Crippen LogP contribution in [0.4, 0.5) is 14.9 Å². The second-order valence-corrected chi connectivity index (χ2v) is 4.84. The van der Waals surface area contributed by atoms with Crippen LogP contribution in [0, 0.1) is 5.82 Å². The lowest BCUT2D eigenvalue weighted by molar-refractivity contribution is 0.161. The number of oxime groups is 1. The van der Waals surface area contributed by atoms with Gasteiger partial charge in [0.1, 0.15) is 5.82 Å². The molecule has 1 aromatic rings. The van der Waals surface area contributed by atoms with Crippen molar-refractivity contribution in [2.24, 2.45) is 16.0 Å². The molecule has 5 N–H and O–H groups in total. The van der Waals surface area contributed by atoms with E-state index in [1.165, 1.54) is 30.3 Å². The summed E-state index contributed by atoms with van der Waals surface area (Å²) in [6.45, 7) is 4.81. The summed E-state index contributed by atoms with van der Waals surface area (Å²) in [5.41, 5.74) is 6.06. The van der Waals surface area contributed by atoms with Crippen LogP contribution in [0.2, 0.25) is 0 Å². The summed E-state index contributed by atoms with van der Waals surface area (Å²) in [7, 11) is 1.51. The summed E-state index contributed by atoms with van der Waals surface area (Å²) >= 11 is 0.956. The lowest BCUT2D eigenvalue weighted by atomic mass is 10.1. The number of carbonyl (C=O) groups excluding carboxylic acids is 1. The number of nitrogens with zero attached hydrogens (tertiary/aromatic N) is 2. The van der Waals surface area contributed by atoms with Gasteiger partial charge in [0.2, 0.25) is 0 Å². The third-order valence-electron chi connectivity index (χ3n) is 2.71. The quantitative estimate of drug-likeness (QED) is 0.326. The van der Waals surface area contributed by atoms with E-state index in [1.807, 2.05) is 6.92 Å². The van der Waals surface area contributed by atoms with Gasteiger partial charge in [-0.3, -0.25) is 14.9 Å². The van der Waals surface area contributed by atoms with E-state index in [0.29, 0.717) is 22.6 Å². The maximum Gasteiger partial charge on any atom is 0.440 e. The number of hydrogen-bond donors (Lipinski definition) is 3. The Morgan fingerprint density at radius 3 is 2.65 bits per heavy atom. The average molecular weight is 344 g/mol. The van der Waals surface area contributed by atoms with Gasteiger partial charge in [0.05, 0.1) is 6.61 Å². The molecular formula is C14H21FN4O3S. The first kappa shape index (κ1) is 20.9. The number of rotatable bonds is 5. The van der Waals surface area contributed by atoms with Crippen molar-refractivity contribution in [2.75, 3.05) is 18.6 Å². The van der Waals surface area contributed by atoms with Gasteiger partial charge in [0, 0.05) is 30.6 Å². The number of halogens is 1. The molecule has 1 aromatic carbocycles. The molecule has 7 nitrogen and oxygen atoms in total. The molecule has 0 heterocycles. The third kappa shape index (κ3) is 7.13. The van der Waals surface area contributed by atoms with Crippen LogP contribution in [0.3, 0.4) is 0 Å². The third-order valence-corrected chi connectivity index (χ3v) is 3.28. The van der Waals surface area contributed by atoms with E-state index >= 15 is 0 Å². The summed E-state index contributed by atoms with van der Waals surface area (Å²) in [5, 5.41) is 16.3. The molecule has 0 saturated carbocycles. The van der Waals surface area contributed by atoms with Crippen LogP contribution < -0.4 is 15.8 Å².